The van der Waals surface area contributed by atoms with Crippen LogP contribution in [0.4, 0.5) is 5.69 Å². The molecular weight excluding hydrogens is 324 g/mol. The minimum absolute atomic E-state index is 0.124. The third kappa shape index (κ3) is 2.86. The van der Waals surface area contributed by atoms with Crippen molar-refractivity contribution < 1.29 is 9.53 Å². The Morgan fingerprint density at radius 2 is 1.77 bits per heavy atom. The topological polar surface area (TPSA) is 41.9 Å². The first-order valence-corrected chi connectivity index (χ1v) is 8.40. The molecule has 1 heterocycles. The maximum Gasteiger partial charge on any atom is 0.280 e. The van der Waals surface area contributed by atoms with E-state index in [2.05, 4.69) is 5.10 Å². The number of anilines is 1. The fourth-order valence-electron chi connectivity index (χ4n) is 3.07. The second kappa shape index (κ2) is 6.48. The van der Waals surface area contributed by atoms with Crippen molar-refractivity contribution in [1.82, 2.24) is 0 Å². The second-order valence-electron chi connectivity index (χ2n) is 6.17. The number of amides is 1. The van der Waals surface area contributed by atoms with Gasteiger partial charge in [0, 0.05) is 0 Å². The summed E-state index contributed by atoms with van der Waals surface area (Å²) in [6.07, 6.45) is 1.85. The van der Waals surface area contributed by atoms with Gasteiger partial charge in [-0.05, 0) is 53.6 Å². The van der Waals surface area contributed by atoms with Gasteiger partial charge < -0.3 is 4.74 Å². The van der Waals surface area contributed by atoms with Crippen LogP contribution in [-0.2, 0) is 4.79 Å². The Balaban J connectivity index is 1.70. The summed E-state index contributed by atoms with van der Waals surface area (Å²) in [5.74, 6) is 0.631. The van der Waals surface area contributed by atoms with E-state index in [9.17, 15) is 4.79 Å². The first-order chi connectivity index (χ1) is 12.7. The SMILES string of the molecule is COc1cccc(/C=C2\C(=O)N(c3ccc4ccccc4c3)N=C2C)c1. The number of benzene rings is 3. The zero-order valence-corrected chi connectivity index (χ0v) is 14.6. The van der Waals surface area contributed by atoms with E-state index in [1.807, 2.05) is 79.7 Å². The van der Waals surface area contributed by atoms with Crippen LogP contribution in [0.15, 0.2) is 77.4 Å². The smallest absolute Gasteiger partial charge is 0.280 e. The minimum atomic E-state index is -0.124. The second-order valence-corrected chi connectivity index (χ2v) is 6.17. The molecule has 0 fully saturated rings. The normalized spacial score (nSPS) is 15.6. The lowest BCUT2D eigenvalue weighted by atomic mass is 10.1. The first-order valence-electron chi connectivity index (χ1n) is 8.40. The van der Waals surface area contributed by atoms with Crippen LogP contribution >= 0.6 is 0 Å². The van der Waals surface area contributed by atoms with Gasteiger partial charge in [-0.15, -0.1) is 0 Å². The summed E-state index contributed by atoms with van der Waals surface area (Å²) >= 11 is 0. The molecule has 3 aromatic rings. The van der Waals surface area contributed by atoms with Gasteiger partial charge >= 0.3 is 0 Å². The molecule has 4 heteroatoms. The van der Waals surface area contributed by atoms with Gasteiger partial charge in [0.1, 0.15) is 5.75 Å². The average Bonchev–Trinajstić information content (AvgIpc) is 2.96. The van der Waals surface area contributed by atoms with Crippen molar-refractivity contribution in [1.29, 1.82) is 0 Å². The van der Waals surface area contributed by atoms with Gasteiger partial charge in [0.05, 0.1) is 24.1 Å². The molecule has 1 aliphatic heterocycles. The van der Waals surface area contributed by atoms with Crippen molar-refractivity contribution >= 4 is 34.2 Å². The largest absolute Gasteiger partial charge is 0.497 e. The van der Waals surface area contributed by atoms with E-state index < -0.39 is 0 Å². The molecule has 0 N–H and O–H groups in total. The highest BCUT2D eigenvalue weighted by Crippen LogP contribution is 2.28. The highest BCUT2D eigenvalue weighted by Gasteiger charge is 2.28. The van der Waals surface area contributed by atoms with E-state index in [4.69, 9.17) is 4.74 Å². The number of rotatable bonds is 3. The molecule has 128 valence electrons. The zero-order valence-electron chi connectivity index (χ0n) is 14.6. The van der Waals surface area contributed by atoms with Gasteiger partial charge in [-0.25, -0.2) is 0 Å². The quantitative estimate of drug-likeness (QED) is 0.650. The fourth-order valence-corrected chi connectivity index (χ4v) is 3.07. The molecule has 0 saturated heterocycles. The third-order valence-corrected chi connectivity index (χ3v) is 4.44. The van der Waals surface area contributed by atoms with Crippen LogP contribution in [0.2, 0.25) is 0 Å². The number of ether oxygens (including phenoxy) is 1. The Bertz CT molecular complexity index is 1070. The zero-order chi connectivity index (χ0) is 18.1. The van der Waals surface area contributed by atoms with Gasteiger partial charge in [-0.2, -0.15) is 10.1 Å². The number of fused-ring (bicyclic) bond motifs is 1. The molecule has 3 aromatic carbocycles. The summed E-state index contributed by atoms with van der Waals surface area (Å²) in [5.41, 5.74) is 2.96. The number of hydrogen-bond donors (Lipinski definition) is 0. The van der Waals surface area contributed by atoms with Gasteiger partial charge in [-0.3, -0.25) is 4.79 Å². The third-order valence-electron chi connectivity index (χ3n) is 4.44. The van der Waals surface area contributed by atoms with Crippen LogP contribution in [0, 0.1) is 0 Å². The van der Waals surface area contributed by atoms with E-state index in [-0.39, 0.29) is 5.91 Å². The Morgan fingerprint density at radius 1 is 0.962 bits per heavy atom. The number of nitrogens with zero attached hydrogens (tertiary/aromatic N) is 2. The highest BCUT2D eigenvalue weighted by molar-refractivity contribution is 6.32. The van der Waals surface area contributed by atoms with E-state index in [1.165, 1.54) is 5.01 Å². The van der Waals surface area contributed by atoms with Gasteiger partial charge in [-0.1, -0.05) is 42.5 Å². The Hall–Kier alpha value is -3.40. The summed E-state index contributed by atoms with van der Waals surface area (Å²) < 4.78 is 5.25. The maximum absolute atomic E-state index is 12.9. The van der Waals surface area contributed by atoms with Gasteiger partial charge in [0.2, 0.25) is 0 Å². The molecule has 0 bridgehead atoms. The monoisotopic (exact) mass is 342 g/mol. The van der Waals surface area contributed by atoms with E-state index in [1.54, 1.807) is 7.11 Å². The number of carbonyl (C=O) groups excluding carboxylic acids is 1. The molecule has 0 saturated carbocycles. The number of carbonyl (C=O) groups is 1. The standard InChI is InChI=1S/C22H18N2O2/c1-15-21(13-16-6-5-9-20(12-16)26-2)22(25)24(23-15)19-11-10-17-7-3-4-8-18(17)14-19/h3-14H,1-2H3/b21-13-. The molecule has 4 nitrogen and oxygen atoms in total. The summed E-state index contributed by atoms with van der Waals surface area (Å²) in [6.45, 7) is 1.85. The molecule has 0 radical (unpaired) electrons. The lowest BCUT2D eigenvalue weighted by Crippen LogP contribution is -2.21. The van der Waals surface area contributed by atoms with E-state index in [0.29, 0.717) is 11.3 Å². The fraction of sp³-hybridized carbons (Fsp3) is 0.0909. The van der Waals surface area contributed by atoms with Crippen LogP contribution < -0.4 is 9.75 Å². The molecule has 4 rings (SSSR count). The number of methoxy groups -OCH3 is 1. The van der Waals surface area contributed by atoms with Crippen LogP contribution in [0.1, 0.15) is 12.5 Å². The van der Waals surface area contributed by atoms with Gasteiger partial charge in [0.15, 0.2) is 0 Å². The van der Waals surface area contributed by atoms with E-state index in [0.717, 1.165) is 27.8 Å². The molecule has 26 heavy (non-hydrogen) atoms. The summed E-state index contributed by atoms with van der Waals surface area (Å²) in [5, 5.41) is 8.15. The highest BCUT2D eigenvalue weighted by atomic mass is 16.5. The van der Waals surface area contributed by atoms with Crippen LogP contribution in [0.25, 0.3) is 16.8 Å². The lowest BCUT2D eigenvalue weighted by Gasteiger charge is -2.12. The summed E-state index contributed by atoms with van der Waals surface area (Å²) in [7, 11) is 1.63. The van der Waals surface area contributed by atoms with Crippen molar-refractivity contribution in [3.8, 4) is 5.75 Å². The predicted octanol–water partition coefficient (Wildman–Crippen LogP) is 4.65. The number of hydrogen-bond acceptors (Lipinski definition) is 3. The predicted molar refractivity (Wildman–Crippen MR) is 106 cm³/mol. The van der Waals surface area contributed by atoms with E-state index >= 15 is 0 Å². The summed E-state index contributed by atoms with van der Waals surface area (Å²) in [4.78, 5) is 12.9. The van der Waals surface area contributed by atoms with Crippen molar-refractivity contribution in [2.24, 2.45) is 5.10 Å². The van der Waals surface area contributed by atoms with Crippen molar-refractivity contribution in [2.45, 2.75) is 6.92 Å². The Kier molecular flexibility index (Phi) is 4.01. The molecule has 1 amide bonds. The molecular formula is C22H18N2O2. The molecule has 0 atom stereocenters. The molecule has 0 spiro atoms. The number of hydrazone groups is 1. The van der Waals surface area contributed by atoms with Crippen molar-refractivity contribution in [3.05, 3.63) is 77.9 Å². The van der Waals surface area contributed by atoms with Crippen LogP contribution in [-0.4, -0.2) is 18.7 Å². The lowest BCUT2D eigenvalue weighted by molar-refractivity contribution is -0.114. The van der Waals surface area contributed by atoms with Crippen molar-refractivity contribution in [2.75, 3.05) is 12.1 Å². The van der Waals surface area contributed by atoms with Crippen LogP contribution in [0.5, 0.6) is 5.75 Å². The average molecular weight is 342 g/mol. The maximum atomic E-state index is 12.9. The van der Waals surface area contributed by atoms with Gasteiger partial charge in [0.25, 0.3) is 5.91 Å². The molecule has 1 aliphatic rings. The molecule has 0 unspecified atom stereocenters. The minimum Gasteiger partial charge on any atom is -0.497 e. The van der Waals surface area contributed by atoms with Crippen LogP contribution in [0.3, 0.4) is 0 Å². The first kappa shape index (κ1) is 16.1. The Labute approximate surface area is 152 Å². The summed E-state index contributed by atoms with van der Waals surface area (Å²) in [6, 6.07) is 21.6. The molecule has 0 aromatic heterocycles. The molecule has 0 aliphatic carbocycles. The Morgan fingerprint density at radius 3 is 2.58 bits per heavy atom. The van der Waals surface area contributed by atoms with Crippen molar-refractivity contribution in [3.63, 3.8) is 0 Å².